The summed E-state index contributed by atoms with van der Waals surface area (Å²) in [6.45, 7) is 10.4. The molecule has 28 heavy (non-hydrogen) atoms. The lowest BCUT2D eigenvalue weighted by atomic mass is 9.56. The van der Waals surface area contributed by atoms with Gasteiger partial charge in [-0.15, -0.1) is 24.0 Å². The van der Waals surface area contributed by atoms with Gasteiger partial charge in [0.25, 0.3) is 0 Å². The van der Waals surface area contributed by atoms with Crippen LogP contribution in [0.2, 0.25) is 0 Å². The number of hydrogen-bond acceptors (Lipinski definition) is 4. The Hall–Kier alpha value is -0.120. The minimum atomic E-state index is -0.0639. The number of nitrogens with zero attached hydrogens (tertiary/aromatic N) is 2. The molecule has 1 aliphatic carbocycles. The number of halogens is 1. The Morgan fingerprint density at radius 3 is 2.43 bits per heavy atom. The molecule has 1 saturated carbocycles. The number of aliphatic imine (C=N–C) groups is 1. The highest BCUT2D eigenvalue weighted by atomic mass is 127. The van der Waals surface area contributed by atoms with Gasteiger partial charge in [0.2, 0.25) is 0 Å². The number of hydrogen-bond donors (Lipinski definition) is 1. The van der Waals surface area contributed by atoms with Gasteiger partial charge in [-0.3, -0.25) is 4.99 Å². The first-order chi connectivity index (χ1) is 12.9. The van der Waals surface area contributed by atoms with Crippen LogP contribution in [0.3, 0.4) is 0 Å². The van der Waals surface area contributed by atoms with Crippen molar-refractivity contribution in [1.29, 1.82) is 0 Å². The summed E-state index contributed by atoms with van der Waals surface area (Å²) >= 11 is 0. The molecule has 3 atom stereocenters. The number of ether oxygens (including phenoxy) is 3. The van der Waals surface area contributed by atoms with Crippen LogP contribution in [0.1, 0.15) is 59.3 Å². The lowest BCUT2D eigenvalue weighted by Gasteiger charge is -2.59. The first kappa shape index (κ1) is 24.2. The van der Waals surface area contributed by atoms with Gasteiger partial charge >= 0.3 is 0 Å². The van der Waals surface area contributed by atoms with Gasteiger partial charge < -0.3 is 24.4 Å². The number of rotatable bonds is 5. The van der Waals surface area contributed by atoms with Crippen molar-refractivity contribution in [2.75, 3.05) is 40.5 Å². The van der Waals surface area contributed by atoms with E-state index >= 15 is 0 Å². The summed E-state index contributed by atoms with van der Waals surface area (Å²) in [7, 11) is 3.70. The van der Waals surface area contributed by atoms with Crippen LogP contribution < -0.4 is 5.32 Å². The normalized spacial score (nSPS) is 33.8. The van der Waals surface area contributed by atoms with Crippen molar-refractivity contribution in [2.24, 2.45) is 10.4 Å². The molecule has 3 unspecified atom stereocenters. The monoisotopic (exact) mass is 509 g/mol. The molecule has 1 N–H and O–H groups in total. The van der Waals surface area contributed by atoms with Crippen LogP contribution in [-0.4, -0.2) is 75.2 Å². The van der Waals surface area contributed by atoms with E-state index in [1.54, 1.807) is 0 Å². The number of likely N-dealkylation sites (tertiary alicyclic amines) is 1. The van der Waals surface area contributed by atoms with E-state index in [4.69, 9.17) is 14.2 Å². The first-order valence-electron chi connectivity index (χ1n) is 10.7. The molecule has 2 aliphatic heterocycles. The van der Waals surface area contributed by atoms with E-state index in [9.17, 15) is 0 Å². The molecule has 2 heterocycles. The van der Waals surface area contributed by atoms with Crippen molar-refractivity contribution in [3.63, 3.8) is 0 Å². The standard InChI is InChI=1S/C21H39N3O3.HI/c1-20(2)18(14-21(20,3)25-5)23-19(22-4)24-11-9-16(10-12-24)27-15-17-8-6-7-13-26-17;/h16-18H,6-15H2,1-5H3,(H,22,23);1H. The third-order valence-electron chi connectivity index (χ3n) is 7.33. The molecule has 2 saturated heterocycles. The van der Waals surface area contributed by atoms with Gasteiger partial charge in [-0.25, -0.2) is 0 Å². The van der Waals surface area contributed by atoms with E-state index in [0.29, 0.717) is 18.2 Å². The van der Waals surface area contributed by atoms with E-state index in [1.165, 1.54) is 12.8 Å². The minimum absolute atomic E-state index is 0. The second-order valence-electron chi connectivity index (χ2n) is 9.11. The van der Waals surface area contributed by atoms with Crippen LogP contribution in [0.25, 0.3) is 0 Å². The Morgan fingerprint density at radius 1 is 1.18 bits per heavy atom. The van der Waals surface area contributed by atoms with Crippen LogP contribution in [-0.2, 0) is 14.2 Å². The number of piperidine rings is 1. The van der Waals surface area contributed by atoms with E-state index in [1.807, 2.05) is 14.2 Å². The molecule has 0 aromatic carbocycles. The molecule has 6 nitrogen and oxygen atoms in total. The lowest BCUT2D eigenvalue weighted by Crippen LogP contribution is -2.69. The number of methoxy groups -OCH3 is 1. The quantitative estimate of drug-likeness (QED) is 0.350. The Balaban J connectivity index is 0.00000280. The fraction of sp³-hybridized carbons (Fsp3) is 0.952. The lowest BCUT2D eigenvalue weighted by molar-refractivity contribution is -0.177. The second-order valence-corrected chi connectivity index (χ2v) is 9.11. The van der Waals surface area contributed by atoms with Crippen molar-refractivity contribution in [2.45, 2.75) is 83.1 Å². The van der Waals surface area contributed by atoms with Gasteiger partial charge in [0.15, 0.2) is 5.96 Å². The molecule has 3 rings (SSSR count). The highest BCUT2D eigenvalue weighted by Gasteiger charge is 2.58. The summed E-state index contributed by atoms with van der Waals surface area (Å²) < 4.78 is 17.7. The van der Waals surface area contributed by atoms with Crippen molar-refractivity contribution >= 4 is 29.9 Å². The predicted molar refractivity (Wildman–Crippen MR) is 124 cm³/mol. The van der Waals surface area contributed by atoms with Gasteiger partial charge in [0.1, 0.15) is 0 Å². The summed E-state index contributed by atoms with van der Waals surface area (Å²) in [5.74, 6) is 1.01. The summed E-state index contributed by atoms with van der Waals surface area (Å²) in [6, 6.07) is 0.388. The van der Waals surface area contributed by atoms with Gasteiger partial charge in [0, 0.05) is 45.3 Å². The smallest absolute Gasteiger partial charge is 0.193 e. The van der Waals surface area contributed by atoms with Gasteiger partial charge in [0.05, 0.1) is 24.4 Å². The molecule has 0 spiro atoms. The molecule has 7 heteroatoms. The summed E-state index contributed by atoms with van der Waals surface area (Å²) in [6.07, 6.45) is 7.39. The molecule has 0 bridgehead atoms. The molecule has 3 aliphatic rings. The highest BCUT2D eigenvalue weighted by molar-refractivity contribution is 14.0. The van der Waals surface area contributed by atoms with Crippen LogP contribution in [0, 0.1) is 5.41 Å². The maximum atomic E-state index is 6.14. The maximum absolute atomic E-state index is 6.14. The van der Waals surface area contributed by atoms with Crippen LogP contribution in [0.5, 0.6) is 0 Å². The van der Waals surface area contributed by atoms with Crippen molar-refractivity contribution < 1.29 is 14.2 Å². The third-order valence-corrected chi connectivity index (χ3v) is 7.33. The topological polar surface area (TPSA) is 55.3 Å². The molecular formula is C21H40IN3O3. The minimum Gasteiger partial charge on any atom is -0.378 e. The molecule has 3 fully saturated rings. The summed E-state index contributed by atoms with van der Waals surface area (Å²) in [4.78, 5) is 6.92. The molecule has 0 aromatic rings. The zero-order valence-corrected chi connectivity index (χ0v) is 20.7. The van der Waals surface area contributed by atoms with Crippen LogP contribution in [0.15, 0.2) is 4.99 Å². The maximum Gasteiger partial charge on any atom is 0.193 e. The van der Waals surface area contributed by atoms with Crippen molar-refractivity contribution in [3.8, 4) is 0 Å². The average Bonchev–Trinajstić information content (AvgIpc) is 2.70. The highest BCUT2D eigenvalue weighted by Crippen LogP contribution is 2.51. The first-order valence-corrected chi connectivity index (χ1v) is 10.7. The Kier molecular flexibility index (Phi) is 8.85. The summed E-state index contributed by atoms with van der Waals surface area (Å²) in [5.41, 5.74) is 0.0185. The SMILES string of the molecule is CN=C(NC1CC(C)(OC)C1(C)C)N1CCC(OCC2CCCCO2)CC1.I. The van der Waals surface area contributed by atoms with E-state index < -0.39 is 0 Å². The van der Waals surface area contributed by atoms with E-state index in [-0.39, 0.29) is 35.0 Å². The number of nitrogens with one attached hydrogen (secondary N) is 1. The molecule has 0 amide bonds. The Labute approximate surface area is 188 Å². The Bertz CT molecular complexity index is 517. The third kappa shape index (κ3) is 5.13. The van der Waals surface area contributed by atoms with Crippen LogP contribution >= 0.6 is 24.0 Å². The molecule has 0 radical (unpaired) electrons. The van der Waals surface area contributed by atoms with Gasteiger partial charge in [-0.05, 0) is 45.4 Å². The van der Waals surface area contributed by atoms with E-state index in [0.717, 1.165) is 57.9 Å². The van der Waals surface area contributed by atoms with Crippen molar-refractivity contribution in [3.05, 3.63) is 0 Å². The van der Waals surface area contributed by atoms with Gasteiger partial charge in [-0.1, -0.05) is 13.8 Å². The number of guanidine groups is 1. The van der Waals surface area contributed by atoms with Crippen LogP contribution in [0.4, 0.5) is 0 Å². The largest absolute Gasteiger partial charge is 0.378 e. The molecule has 164 valence electrons. The average molecular weight is 509 g/mol. The molecule has 0 aromatic heterocycles. The fourth-order valence-corrected chi connectivity index (χ4v) is 4.59. The zero-order valence-electron chi connectivity index (χ0n) is 18.3. The second kappa shape index (κ2) is 10.3. The van der Waals surface area contributed by atoms with Crippen molar-refractivity contribution in [1.82, 2.24) is 10.2 Å². The Morgan fingerprint density at radius 2 is 1.89 bits per heavy atom. The molecular weight excluding hydrogens is 469 g/mol. The fourth-order valence-electron chi connectivity index (χ4n) is 4.59. The summed E-state index contributed by atoms with van der Waals surface area (Å²) in [5, 5.41) is 3.69. The predicted octanol–water partition coefficient (Wildman–Crippen LogP) is 3.43. The zero-order chi connectivity index (χ0) is 19.5. The van der Waals surface area contributed by atoms with E-state index in [2.05, 4.69) is 36.0 Å². The van der Waals surface area contributed by atoms with Gasteiger partial charge in [-0.2, -0.15) is 0 Å².